The predicted octanol–water partition coefficient (Wildman–Crippen LogP) is 0.286. The summed E-state index contributed by atoms with van der Waals surface area (Å²) in [7, 11) is 2.76. The zero-order valence-corrected chi connectivity index (χ0v) is 8.21. The van der Waals surface area contributed by atoms with Gasteiger partial charge < -0.3 is 14.5 Å². The Morgan fingerprint density at radius 1 is 1.33 bits per heavy atom. The largest absolute Gasteiger partial charge is 0.476 e. The second kappa shape index (κ2) is 3.94. The lowest BCUT2D eigenvalue weighted by molar-refractivity contribution is -0.861. The van der Waals surface area contributed by atoms with Crippen molar-refractivity contribution in [3.63, 3.8) is 0 Å². The van der Waals surface area contributed by atoms with Crippen LogP contribution in [0.1, 0.15) is 0 Å². The molecule has 0 spiro atoms. The van der Waals surface area contributed by atoms with Crippen molar-refractivity contribution in [3.8, 4) is 0 Å². The molecule has 0 saturated heterocycles. The Morgan fingerprint density at radius 3 is 2.00 bits per heavy atom. The van der Waals surface area contributed by atoms with E-state index in [0.717, 1.165) is 0 Å². The number of quaternary nitrogens is 1. The molecule has 2 N–H and O–H groups in total. The molecule has 0 radical (unpaired) electrons. The Labute approximate surface area is 72.0 Å². The second-order valence-electron chi connectivity index (χ2n) is 3.44. The van der Waals surface area contributed by atoms with Gasteiger partial charge in [0, 0.05) is 0 Å². The summed E-state index contributed by atoms with van der Waals surface area (Å²) in [6.07, 6.45) is 0. The first-order chi connectivity index (χ1) is 5.24. The maximum absolute atomic E-state index is 11.0. The van der Waals surface area contributed by atoms with Gasteiger partial charge in [0.1, 0.15) is 6.54 Å². The van der Waals surface area contributed by atoms with Crippen molar-refractivity contribution >= 4 is 19.4 Å². The first kappa shape index (κ1) is 11.5. The molecule has 0 amide bonds. The Kier molecular flexibility index (Phi) is 3.77. The van der Waals surface area contributed by atoms with Crippen LogP contribution in [-0.4, -0.2) is 53.4 Å². The van der Waals surface area contributed by atoms with Crippen LogP contribution in [0.2, 0.25) is 0 Å². The highest BCUT2D eigenvalue weighted by molar-refractivity contribution is 7.84. The van der Waals surface area contributed by atoms with Crippen LogP contribution in [0.25, 0.3) is 0 Å². The minimum Gasteiger partial charge on any atom is -0.476 e. The van der Waals surface area contributed by atoms with Crippen LogP contribution < -0.4 is 0 Å². The van der Waals surface area contributed by atoms with Crippen molar-refractivity contribution in [2.75, 3.05) is 27.7 Å². The molecule has 1 unspecified atom stereocenters. The topological polar surface area (TPSA) is 74.6 Å². The lowest BCUT2D eigenvalue weighted by atomic mass is 10.5. The number of hydrogen-bond acceptors (Lipinski definition) is 3. The molecule has 0 bridgehead atoms. The molecule has 0 rings (SSSR count). The van der Waals surface area contributed by atoms with E-state index in [9.17, 15) is 9.59 Å². The molecule has 0 aromatic heterocycles. The van der Waals surface area contributed by atoms with Crippen molar-refractivity contribution in [3.05, 3.63) is 0 Å². The second-order valence-corrected chi connectivity index (χ2v) is 4.94. The molecule has 6 heteroatoms. The molecule has 12 heavy (non-hydrogen) atoms. The number of rotatable bonds is 4. The summed E-state index contributed by atoms with van der Waals surface area (Å²) in [4.78, 5) is 30.0. The van der Waals surface area contributed by atoms with Crippen molar-refractivity contribution < 1.29 is 24.1 Å². The van der Waals surface area contributed by atoms with Gasteiger partial charge >= 0.3 is 5.71 Å². The first-order valence-electron chi connectivity index (χ1n) is 3.29. The molecule has 0 fully saturated rings. The Bertz CT molecular complexity index is 198. The van der Waals surface area contributed by atoms with Crippen LogP contribution in [0, 0.1) is 0 Å². The maximum atomic E-state index is 11.0. The third kappa shape index (κ3) is 4.38. The zero-order chi connectivity index (χ0) is 9.94. The SMILES string of the molecule is C[N+](C)(C)CC(=O)P(O)C(=O)O. The van der Waals surface area contributed by atoms with Gasteiger partial charge in [0.2, 0.25) is 13.7 Å². The molecular formula is C6H13NO4P+. The lowest BCUT2D eigenvalue weighted by Gasteiger charge is -2.22. The van der Waals surface area contributed by atoms with E-state index in [0.29, 0.717) is 4.48 Å². The molecule has 0 aliphatic heterocycles. The number of hydrogen-bond donors (Lipinski definition) is 2. The molecule has 0 aromatic rings. The number of nitrogens with zero attached hydrogens (tertiary/aromatic N) is 1. The Hall–Kier alpha value is -0.510. The average molecular weight is 194 g/mol. The normalized spacial score (nSPS) is 14.0. The standard InChI is InChI=1S/C6H12NO4P/c1-7(2,3)4-5(8)12(11)6(9)10/h11H,4H2,1-3H3/p+1. The summed E-state index contributed by atoms with van der Waals surface area (Å²) < 4.78 is 0.325. The van der Waals surface area contributed by atoms with Crippen LogP contribution in [0.3, 0.4) is 0 Å². The molecule has 0 heterocycles. The number of carboxylic acid groups (broad SMARTS) is 1. The molecule has 0 saturated carbocycles. The summed E-state index contributed by atoms with van der Waals surface area (Å²) >= 11 is 0. The minimum absolute atomic E-state index is 0.0362. The summed E-state index contributed by atoms with van der Waals surface area (Å²) in [5.74, 6) is 0. The van der Waals surface area contributed by atoms with Gasteiger partial charge in [0.15, 0.2) is 0 Å². The molecule has 1 atom stereocenters. The third-order valence-electron chi connectivity index (χ3n) is 1.03. The molecule has 0 aliphatic rings. The summed E-state index contributed by atoms with van der Waals surface area (Å²) in [5.41, 5.74) is -2.03. The fraction of sp³-hybridized carbons (Fsp3) is 0.667. The van der Waals surface area contributed by atoms with E-state index in [1.165, 1.54) is 0 Å². The van der Waals surface area contributed by atoms with Crippen LogP contribution >= 0.6 is 8.15 Å². The van der Waals surface area contributed by atoms with Gasteiger partial charge in [0.25, 0.3) is 0 Å². The van der Waals surface area contributed by atoms with E-state index in [2.05, 4.69) is 0 Å². The van der Waals surface area contributed by atoms with Crippen LogP contribution in [0.4, 0.5) is 4.79 Å². The zero-order valence-electron chi connectivity index (χ0n) is 7.31. The van der Waals surface area contributed by atoms with Crippen molar-refractivity contribution in [2.24, 2.45) is 0 Å². The minimum atomic E-state index is -2.50. The average Bonchev–Trinajstić information content (AvgIpc) is 1.82. The van der Waals surface area contributed by atoms with Gasteiger partial charge in [-0.15, -0.1) is 0 Å². The van der Waals surface area contributed by atoms with Gasteiger partial charge in [-0.3, -0.25) is 4.79 Å². The molecule has 0 aliphatic carbocycles. The predicted molar refractivity (Wildman–Crippen MR) is 45.1 cm³/mol. The van der Waals surface area contributed by atoms with E-state index >= 15 is 0 Å². The summed E-state index contributed by atoms with van der Waals surface area (Å²) in [6.45, 7) is 0.0362. The van der Waals surface area contributed by atoms with Crippen LogP contribution in [0.15, 0.2) is 0 Å². The highest BCUT2D eigenvalue weighted by atomic mass is 31.1. The quantitative estimate of drug-likeness (QED) is 0.498. The monoisotopic (exact) mass is 194 g/mol. The van der Waals surface area contributed by atoms with Gasteiger partial charge in [-0.05, 0) is 0 Å². The summed E-state index contributed by atoms with van der Waals surface area (Å²) in [6, 6.07) is 0. The van der Waals surface area contributed by atoms with Gasteiger partial charge in [0.05, 0.1) is 21.1 Å². The van der Waals surface area contributed by atoms with E-state index in [-0.39, 0.29) is 6.54 Å². The van der Waals surface area contributed by atoms with E-state index in [4.69, 9.17) is 10.00 Å². The highest BCUT2D eigenvalue weighted by Crippen LogP contribution is 2.31. The molecule has 70 valence electrons. The molecule has 0 aromatic carbocycles. The van der Waals surface area contributed by atoms with Crippen molar-refractivity contribution in [1.82, 2.24) is 0 Å². The number of likely N-dealkylation sites (N-methyl/N-ethyl adjacent to an activating group) is 1. The molecular weight excluding hydrogens is 181 g/mol. The molecule has 5 nitrogen and oxygen atoms in total. The van der Waals surface area contributed by atoms with E-state index in [1.807, 2.05) is 0 Å². The van der Waals surface area contributed by atoms with E-state index in [1.54, 1.807) is 21.1 Å². The lowest BCUT2D eigenvalue weighted by Crippen LogP contribution is -2.39. The number of carbonyl (C=O) groups is 2. The maximum Gasteiger partial charge on any atom is 0.359 e. The van der Waals surface area contributed by atoms with Gasteiger partial charge in [-0.25, -0.2) is 4.79 Å². The van der Waals surface area contributed by atoms with Crippen LogP contribution in [-0.2, 0) is 4.79 Å². The van der Waals surface area contributed by atoms with Crippen LogP contribution in [0.5, 0.6) is 0 Å². The van der Waals surface area contributed by atoms with Crippen molar-refractivity contribution in [1.29, 1.82) is 0 Å². The fourth-order valence-electron chi connectivity index (χ4n) is 0.579. The summed E-state index contributed by atoms with van der Waals surface area (Å²) in [5, 5.41) is 8.30. The Morgan fingerprint density at radius 2 is 1.75 bits per heavy atom. The Balaban J connectivity index is 4.15. The fourth-order valence-corrected chi connectivity index (χ4v) is 1.35. The van der Waals surface area contributed by atoms with Gasteiger partial charge in [-0.2, -0.15) is 0 Å². The smallest absolute Gasteiger partial charge is 0.359 e. The van der Waals surface area contributed by atoms with Gasteiger partial charge in [-0.1, -0.05) is 0 Å². The number of carbonyl (C=O) groups excluding carboxylic acids is 1. The highest BCUT2D eigenvalue weighted by Gasteiger charge is 2.28. The van der Waals surface area contributed by atoms with Crippen molar-refractivity contribution in [2.45, 2.75) is 0 Å². The van der Waals surface area contributed by atoms with E-state index < -0.39 is 19.4 Å². The first-order valence-corrected chi connectivity index (χ1v) is 4.58. The third-order valence-corrected chi connectivity index (χ3v) is 2.00.